The third-order valence-electron chi connectivity index (χ3n) is 2.83. The van der Waals surface area contributed by atoms with Crippen molar-refractivity contribution in [2.24, 2.45) is 0 Å². The summed E-state index contributed by atoms with van der Waals surface area (Å²) in [6.07, 6.45) is 1.51. The Morgan fingerprint density at radius 1 is 1.10 bits per heavy atom. The normalized spacial score (nSPS) is 10.8. The maximum Gasteiger partial charge on any atom is 0.298 e. The van der Waals surface area contributed by atoms with E-state index in [4.69, 9.17) is 9.52 Å². The highest BCUT2D eigenvalue weighted by molar-refractivity contribution is 7.10. The second-order valence-electron chi connectivity index (χ2n) is 4.29. The smallest absolute Gasteiger partial charge is 0.298 e. The van der Waals surface area contributed by atoms with E-state index in [-0.39, 0.29) is 6.61 Å². The van der Waals surface area contributed by atoms with Crippen LogP contribution in [0.3, 0.4) is 0 Å². The largest absolute Gasteiger partial charge is 0.432 e. The molecule has 0 aromatic carbocycles. The van der Waals surface area contributed by atoms with Crippen molar-refractivity contribution in [3.8, 4) is 0 Å². The van der Waals surface area contributed by atoms with Crippen molar-refractivity contribution < 1.29 is 9.52 Å². The summed E-state index contributed by atoms with van der Waals surface area (Å²) in [6, 6.07) is 8.83. The van der Waals surface area contributed by atoms with Gasteiger partial charge in [0.05, 0.1) is 19.7 Å². The van der Waals surface area contributed by atoms with Crippen molar-refractivity contribution in [3.63, 3.8) is 0 Å². The molecule has 0 bridgehead atoms. The molecule has 20 heavy (non-hydrogen) atoms. The van der Waals surface area contributed by atoms with Crippen molar-refractivity contribution in [3.05, 3.63) is 56.7 Å². The van der Waals surface area contributed by atoms with Gasteiger partial charge >= 0.3 is 0 Å². The SMILES string of the molecule is OCc1coc(N(Cc2cccs2)Cc2cccs2)n1. The first kappa shape index (κ1) is 13.4. The van der Waals surface area contributed by atoms with Gasteiger partial charge in [0.15, 0.2) is 0 Å². The Bertz CT molecular complexity index is 596. The molecule has 1 N–H and O–H groups in total. The van der Waals surface area contributed by atoms with Gasteiger partial charge in [-0.25, -0.2) is 0 Å². The number of nitrogens with zero attached hydrogens (tertiary/aromatic N) is 2. The van der Waals surface area contributed by atoms with Crippen molar-refractivity contribution >= 4 is 28.7 Å². The van der Waals surface area contributed by atoms with Crippen LogP contribution in [-0.4, -0.2) is 10.1 Å². The van der Waals surface area contributed by atoms with Gasteiger partial charge in [0.2, 0.25) is 0 Å². The fourth-order valence-electron chi connectivity index (χ4n) is 1.89. The average molecular weight is 306 g/mol. The highest BCUT2D eigenvalue weighted by Crippen LogP contribution is 2.23. The molecular weight excluding hydrogens is 292 g/mol. The van der Waals surface area contributed by atoms with Gasteiger partial charge < -0.3 is 14.4 Å². The Kier molecular flexibility index (Phi) is 4.15. The van der Waals surface area contributed by atoms with Gasteiger partial charge in [-0.3, -0.25) is 0 Å². The van der Waals surface area contributed by atoms with E-state index in [1.807, 2.05) is 12.1 Å². The molecule has 3 heterocycles. The molecule has 0 fully saturated rings. The highest BCUT2D eigenvalue weighted by atomic mass is 32.1. The van der Waals surface area contributed by atoms with Crippen molar-refractivity contribution in [2.45, 2.75) is 19.7 Å². The van der Waals surface area contributed by atoms with Crippen LogP contribution in [0.5, 0.6) is 0 Å². The third kappa shape index (κ3) is 3.09. The molecule has 0 saturated heterocycles. The molecule has 3 aromatic heterocycles. The summed E-state index contributed by atoms with van der Waals surface area (Å²) in [5.41, 5.74) is 0.558. The lowest BCUT2D eigenvalue weighted by molar-refractivity contribution is 0.276. The zero-order chi connectivity index (χ0) is 13.8. The summed E-state index contributed by atoms with van der Waals surface area (Å²) in [7, 11) is 0. The first-order chi connectivity index (χ1) is 9.85. The maximum atomic E-state index is 9.11. The minimum Gasteiger partial charge on any atom is -0.432 e. The summed E-state index contributed by atoms with van der Waals surface area (Å²) < 4.78 is 5.48. The van der Waals surface area contributed by atoms with E-state index in [2.05, 4.69) is 32.8 Å². The van der Waals surface area contributed by atoms with Crippen molar-refractivity contribution in [1.82, 2.24) is 4.98 Å². The fraction of sp³-hybridized carbons (Fsp3) is 0.214. The minimum absolute atomic E-state index is 0.102. The van der Waals surface area contributed by atoms with Gasteiger partial charge in [0.25, 0.3) is 6.01 Å². The van der Waals surface area contributed by atoms with Crippen LogP contribution in [0, 0.1) is 0 Å². The average Bonchev–Trinajstić information content (AvgIpc) is 3.20. The first-order valence-corrected chi connectivity index (χ1v) is 7.96. The van der Waals surface area contributed by atoms with E-state index in [0.29, 0.717) is 11.7 Å². The molecule has 3 aromatic rings. The molecular formula is C14H14N2O2S2. The number of hydrogen-bond donors (Lipinski definition) is 1. The summed E-state index contributed by atoms with van der Waals surface area (Å²) in [5, 5.41) is 13.2. The molecule has 0 saturated carbocycles. The number of anilines is 1. The molecule has 0 spiro atoms. The standard InChI is InChI=1S/C14H14N2O2S2/c17-9-11-10-18-14(15-11)16(7-12-3-1-5-19-12)8-13-4-2-6-20-13/h1-6,10,17H,7-9H2. The Balaban J connectivity index is 1.82. The van der Waals surface area contributed by atoms with Gasteiger partial charge in [-0.05, 0) is 22.9 Å². The summed E-state index contributed by atoms with van der Waals surface area (Å²) in [4.78, 5) is 8.90. The third-order valence-corrected chi connectivity index (χ3v) is 4.55. The molecule has 104 valence electrons. The molecule has 0 aliphatic carbocycles. The molecule has 0 atom stereocenters. The quantitative estimate of drug-likeness (QED) is 0.757. The highest BCUT2D eigenvalue weighted by Gasteiger charge is 2.15. The Morgan fingerprint density at radius 3 is 2.20 bits per heavy atom. The van der Waals surface area contributed by atoms with Crippen LogP contribution < -0.4 is 4.90 Å². The molecule has 3 rings (SSSR count). The van der Waals surface area contributed by atoms with Gasteiger partial charge in [-0.1, -0.05) is 12.1 Å². The van der Waals surface area contributed by atoms with Crippen LogP contribution in [0.2, 0.25) is 0 Å². The van der Waals surface area contributed by atoms with E-state index in [9.17, 15) is 0 Å². The minimum atomic E-state index is -0.102. The van der Waals surface area contributed by atoms with Gasteiger partial charge in [0, 0.05) is 9.75 Å². The van der Waals surface area contributed by atoms with Crippen LogP contribution in [0.15, 0.2) is 45.7 Å². The van der Waals surface area contributed by atoms with E-state index >= 15 is 0 Å². The predicted molar refractivity (Wildman–Crippen MR) is 81.0 cm³/mol. The Hall–Kier alpha value is -1.63. The van der Waals surface area contributed by atoms with E-state index in [0.717, 1.165) is 13.1 Å². The molecule has 6 heteroatoms. The number of thiophene rings is 2. The molecule has 4 nitrogen and oxygen atoms in total. The van der Waals surface area contributed by atoms with Gasteiger partial charge in [-0.2, -0.15) is 4.98 Å². The molecule has 0 unspecified atom stereocenters. The second kappa shape index (κ2) is 6.21. The van der Waals surface area contributed by atoms with E-state index < -0.39 is 0 Å². The number of oxazole rings is 1. The van der Waals surface area contributed by atoms with E-state index in [1.54, 1.807) is 22.7 Å². The molecule has 0 aliphatic heterocycles. The first-order valence-electron chi connectivity index (χ1n) is 6.20. The van der Waals surface area contributed by atoms with Gasteiger partial charge in [-0.15, -0.1) is 22.7 Å². The lowest BCUT2D eigenvalue weighted by Crippen LogP contribution is -2.21. The van der Waals surface area contributed by atoms with Crippen LogP contribution in [-0.2, 0) is 19.7 Å². The molecule has 0 amide bonds. The lowest BCUT2D eigenvalue weighted by Gasteiger charge is -2.19. The predicted octanol–water partition coefficient (Wildman–Crippen LogP) is 3.50. The number of aliphatic hydroxyl groups excluding tert-OH is 1. The van der Waals surface area contributed by atoms with E-state index in [1.165, 1.54) is 16.0 Å². The van der Waals surface area contributed by atoms with Crippen LogP contribution in [0.4, 0.5) is 6.01 Å². The summed E-state index contributed by atoms with van der Waals surface area (Å²) >= 11 is 3.43. The monoisotopic (exact) mass is 306 g/mol. The topological polar surface area (TPSA) is 49.5 Å². The van der Waals surface area contributed by atoms with Crippen molar-refractivity contribution in [2.75, 3.05) is 4.90 Å². The zero-order valence-electron chi connectivity index (χ0n) is 10.7. The number of rotatable bonds is 6. The Labute approximate surface area is 124 Å². The summed E-state index contributed by atoms with van der Waals surface area (Å²) in [6.45, 7) is 1.40. The zero-order valence-corrected chi connectivity index (χ0v) is 12.4. The van der Waals surface area contributed by atoms with Crippen LogP contribution in [0.1, 0.15) is 15.4 Å². The number of aliphatic hydroxyl groups is 1. The fourth-order valence-corrected chi connectivity index (χ4v) is 3.33. The molecule has 0 radical (unpaired) electrons. The maximum absolute atomic E-state index is 9.11. The lowest BCUT2D eigenvalue weighted by atomic mass is 10.4. The molecule has 0 aliphatic rings. The van der Waals surface area contributed by atoms with Gasteiger partial charge in [0.1, 0.15) is 12.0 Å². The summed E-state index contributed by atoms with van der Waals surface area (Å²) in [5.74, 6) is 0. The van der Waals surface area contributed by atoms with Crippen LogP contribution >= 0.6 is 22.7 Å². The number of hydrogen-bond acceptors (Lipinski definition) is 6. The van der Waals surface area contributed by atoms with Crippen molar-refractivity contribution in [1.29, 1.82) is 0 Å². The second-order valence-corrected chi connectivity index (χ2v) is 6.36. The number of aromatic nitrogens is 1. The Morgan fingerprint density at radius 2 is 1.75 bits per heavy atom. The van der Waals surface area contributed by atoms with Crippen LogP contribution in [0.25, 0.3) is 0 Å².